The van der Waals surface area contributed by atoms with Gasteiger partial charge in [-0.25, -0.2) is 9.97 Å². The minimum absolute atomic E-state index is 0.105. The fourth-order valence-electron chi connectivity index (χ4n) is 3.21. The number of aromatic nitrogens is 2. The lowest BCUT2D eigenvalue weighted by Crippen LogP contribution is -2.26. The highest BCUT2D eigenvalue weighted by Crippen LogP contribution is 2.36. The number of ether oxygens (including phenoxy) is 3. The number of nitrogens with zero attached hydrogens (tertiary/aromatic N) is 2. The van der Waals surface area contributed by atoms with Crippen molar-refractivity contribution in [3.8, 4) is 23.8 Å². The summed E-state index contributed by atoms with van der Waals surface area (Å²) >= 11 is 0. The summed E-state index contributed by atoms with van der Waals surface area (Å²) in [5.41, 5.74) is 2.42. The first-order valence-corrected chi connectivity index (χ1v) is 9.17. The van der Waals surface area contributed by atoms with Gasteiger partial charge in [0.15, 0.2) is 11.5 Å². The van der Waals surface area contributed by atoms with Crippen molar-refractivity contribution in [3.05, 3.63) is 48.3 Å². The van der Waals surface area contributed by atoms with Gasteiger partial charge in [0, 0.05) is 35.5 Å². The van der Waals surface area contributed by atoms with E-state index in [4.69, 9.17) is 20.6 Å². The Bertz CT molecular complexity index is 1020. The van der Waals surface area contributed by atoms with E-state index in [-0.39, 0.29) is 6.10 Å². The molecule has 1 aliphatic heterocycles. The van der Waals surface area contributed by atoms with Crippen LogP contribution in [0, 0.1) is 12.3 Å². The number of rotatable bonds is 5. The van der Waals surface area contributed by atoms with E-state index < -0.39 is 0 Å². The van der Waals surface area contributed by atoms with E-state index >= 15 is 0 Å². The van der Waals surface area contributed by atoms with Crippen molar-refractivity contribution >= 4 is 22.4 Å². The Balaban J connectivity index is 1.70. The Morgan fingerprint density at radius 2 is 2.00 bits per heavy atom. The van der Waals surface area contributed by atoms with E-state index in [1.54, 1.807) is 7.11 Å². The number of anilines is 2. The molecule has 0 bridgehead atoms. The summed E-state index contributed by atoms with van der Waals surface area (Å²) in [4.78, 5) is 8.79. The molecule has 2 heterocycles. The van der Waals surface area contributed by atoms with Crippen molar-refractivity contribution < 1.29 is 14.2 Å². The Labute approximate surface area is 163 Å². The maximum Gasteiger partial charge on any atom is 0.162 e. The van der Waals surface area contributed by atoms with Gasteiger partial charge in [-0.3, -0.25) is 0 Å². The quantitative estimate of drug-likeness (QED) is 0.682. The van der Waals surface area contributed by atoms with Crippen LogP contribution in [0.25, 0.3) is 10.9 Å². The molecule has 28 heavy (non-hydrogen) atoms. The Hall–Kier alpha value is -3.30. The van der Waals surface area contributed by atoms with Crippen LogP contribution in [-0.4, -0.2) is 36.4 Å². The highest BCUT2D eigenvalue weighted by molar-refractivity contribution is 5.93. The minimum atomic E-state index is 0.105. The van der Waals surface area contributed by atoms with Crippen LogP contribution in [0.15, 0.2) is 42.7 Å². The van der Waals surface area contributed by atoms with E-state index in [9.17, 15) is 0 Å². The van der Waals surface area contributed by atoms with E-state index in [2.05, 4.69) is 21.2 Å². The van der Waals surface area contributed by atoms with Gasteiger partial charge in [0.05, 0.1) is 25.8 Å². The molecule has 2 aromatic carbocycles. The molecule has 6 nitrogen and oxygen atoms in total. The monoisotopic (exact) mass is 375 g/mol. The topological polar surface area (TPSA) is 65.5 Å². The summed E-state index contributed by atoms with van der Waals surface area (Å²) in [5, 5.41) is 4.17. The van der Waals surface area contributed by atoms with Crippen LogP contribution in [0.3, 0.4) is 0 Å². The third kappa shape index (κ3) is 3.85. The van der Waals surface area contributed by atoms with Crippen molar-refractivity contribution in [2.24, 2.45) is 0 Å². The van der Waals surface area contributed by atoms with Gasteiger partial charge in [-0.2, -0.15) is 0 Å². The Morgan fingerprint density at radius 3 is 2.79 bits per heavy atom. The van der Waals surface area contributed by atoms with Crippen LogP contribution < -0.4 is 14.8 Å². The molecule has 0 radical (unpaired) electrons. The molecule has 142 valence electrons. The van der Waals surface area contributed by atoms with Gasteiger partial charge in [0.1, 0.15) is 18.2 Å². The van der Waals surface area contributed by atoms with Crippen LogP contribution in [0.1, 0.15) is 18.4 Å². The zero-order valence-corrected chi connectivity index (χ0v) is 15.6. The summed E-state index contributed by atoms with van der Waals surface area (Å²) < 4.78 is 17.1. The standard InChI is InChI=1S/C22H21N3O3/c1-3-15-5-4-6-16(11-15)25-22-18-12-21(28-17-7-9-27-10-8-17)20(26-2)13-19(18)23-14-24-22/h1,4-6,11-14,17H,7-10H2,2H3,(H,23,24,25). The number of terminal acetylenes is 1. The van der Waals surface area contributed by atoms with Crippen molar-refractivity contribution in [3.63, 3.8) is 0 Å². The average molecular weight is 375 g/mol. The molecular formula is C22H21N3O3. The molecule has 1 aliphatic rings. The van der Waals surface area contributed by atoms with Crippen LogP contribution in [0.2, 0.25) is 0 Å². The second kappa shape index (κ2) is 8.15. The lowest BCUT2D eigenvalue weighted by molar-refractivity contribution is 0.0246. The zero-order valence-electron chi connectivity index (χ0n) is 15.6. The number of hydrogen-bond donors (Lipinski definition) is 1. The molecule has 0 saturated carbocycles. The molecule has 1 saturated heterocycles. The fourth-order valence-corrected chi connectivity index (χ4v) is 3.21. The SMILES string of the molecule is C#Cc1cccc(Nc2ncnc3cc(OC)c(OC4CCOCC4)cc23)c1. The third-order valence-electron chi connectivity index (χ3n) is 4.67. The summed E-state index contributed by atoms with van der Waals surface area (Å²) in [6.07, 6.45) is 8.84. The van der Waals surface area contributed by atoms with Crippen LogP contribution in [-0.2, 0) is 4.74 Å². The highest BCUT2D eigenvalue weighted by Gasteiger charge is 2.19. The first-order chi connectivity index (χ1) is 13.8. The smallest absolute Gasteiger partial charge is 0.162 e. The van der Waals surface area contributed by atoms with Crippen molar-refractivity contribution in [1.82, 2.24) is 9.97 Å². The van der Waals surface area contributed by atoms with Gasteiger partial charge >= 0.3 is 0 Å². The lowest BCUT2D eigenvalue weighted by atomic mass is 10.1. The number of hydrogen-bond acceptors (Lipinski definition) is 6. The van der Waals surface area contributed by atoms with Crippen LogP contribution >= 0.6 is 0 Å². The van der Waals surface area contributed by atoms with Crippen molar-refractivity contribution in [2.45, 2.75) is 18.9 Å². The molecule has 3 aromatic rings. The molecule has 0 unspecified atom stereocenters. The average Bonchev–Trinajstić information content (AvgIpc) is 2.74. The highest BCUT2D eigenvalue weighted by atomic mass is 16.5. The molecule has 0 amide bonds. The normalized spacial score (nSPS) is 14.4. The van der Waals surface area contributed by atoms with Crippen molar-refractivity contribution in [1.29, 1.82) is 0 Å². The molecule has 0 spiro atoms. The second-order valence-corrected chi connectivity index (χ2v) is 6.52. The third-order valence-corrected chi connectivity index (χ3v) is 4.67. The molecule has 0 aliphatic carbocycles. The largest absolute Gasteiger partial charge is 0.493 e. The molecule has 1 aromatic heterocycles. The molecule has 1 fully saturated rings. The van der Waals surface area contributed by atoms with E-state index in [1.807, 2.05) is 36.4 Å². The number of nitrogens with one attached hydrogen (secondary N) is 1. The summed E-state index contributed by atoms with van der Waals surface area (Å²) in [6, 6.07) is 11.4. The van der Waals surface area contributed by atoms with E-state index in [1.165, 1.54) is 6.33 Å². The van der Waals surface area contributed by atoms with E-state index in [0.29, 0.717) is 30.5 Å². The first-order valence-electron chi connectivity index (χ1n) is 9.17. The fraction of sp³-hybridized carbons (Fsp3) is 0.273. The predicted octanol–water partition coefficient (Wildman–Crippen LogP) is 3.92. The second-order valence-electron chi connectivity index (χ2n) is 6.52. The molecule has 0 atom stereocenters. The van der Waals surface area contributed by atoms with Crippen molar-refractivity contribution in [2.75, 3.05) is 25.6 Å². The minimum Gasteiger partial charge on any atom is -0.493 e. The van der Waals surface area contributed by atoms with Gasteiger partial charge in [-0.05, 0) is 24.3 Å². The van der Waals surface area contributed by atoms with Gasteiger partial charge in [-0.1, -0.05) is 12.0 Å². The first kappa shape index (κ1) is 18.1. The van der Waals surface area contributed by atoms with Crippen LogP contribution in [0.5, 0.6) is 11.5 Å². The lowest BCUT2D eigenvalue weighted by Gasteiger charge is -2.24. The predicted molar refractivity (Wildman–Crippen MR) is 108 cm³/mol. The maximum absolute atomic E-state index is 6.21. The summed E-state index contributed by atoms with van der Waals surface area (Å²) in [7, 11) is 1.63. The van der Waals surface area contributed by atoms with Gasteiger partial charge in [0.25, 0.3) is 0 Å². The van der Waals surface area contributed by atoms with E-state index in [0.717, 1.165) is 35.0 Å². The number of benzene rings is 2. The maximum atomic E-state index is 6.21. The Morgan fingerprint density at radius 1 is 1.14 bits per heavy atom. The van der Waals surface area contributed by atoms with Gasteiger partial charge in [-0.15, -0.1) is 6.42 Å². The summed E-state index contributed by atoms with van der Waals surface area (Å²) in [6.45, 7) is 1.42. The van der Waals surface area contributed by atoms with Gasteiger partial charge < -0.3 is 19.5 Å². The molecular weight excluding hydrogens is 354 g/mol. The molecule has 6 heteroatoms. The number of fused-ring (bicyclic) bond motifs is 1. The Kier molecular flexibility index (Phi) is 5.27. The molecule has 1 N–H and O–H groups in total. The zero-order chi connectivity index (χ0) is 19.3. The summed E-state index contributed by atoms with van der Waals surface area (Å²) in [5.74, 6) is 4.65. The molecule has 4 rings (SSSR count). The van der Waals surface area contributed by atoms with Crippen LogP contribution in [0.4, 0.5) is 11.5 Å². The van der Waals surface area contributed by atoms with Gasteiger partial charge in [0.2, 0.25) is 0 Å². The number of methoxy groups -OCH3 is 1.